The highest BCUT2D eigenvalue weighted by molar-refractivity contribution is 14.1. The van der Waals surface area contributed by atoms with Crippen molar-refractivity contribution in [2.24, 2.45) is 0 Å². The van der Waals surface area contributed by atoms with E-state index in [4.69, 9.17) is 0 Å². The summed E-state index contributed by atoms with van der Waals surface area (Å²) in [6.45, 7) is 4.01. The van der Waals surface area contributed by atoms with E-state index in [-0.39, 0.29) is 0 Å². The number of carbonyl (C=O) groups excluding carboxylic acids is 1. The number of carbonyl (C=O) groups is 1. The Balaban J connectivity index is 3.33. The number of hydrogen-bond acceptors (Lipinski definition) is 2. The second kappa shape index (κ2) is 3.00. The van der Waals surface area contributed by atoms with E-state index in [2.05, 4.69) is 22.6 Å². The lowest BCUT2D eigenvalue weighted by atomic mass is 10.3. The first-order valence-corrected chi connectivity index (χ1v) is 4.77. The minimum absolute atomic E-state index is 0.864. The van der Waals surface area contributed by atoms with Crippen LogP contribution in [0.1, 0.15) is 20.1 Å². The van der Waals surface area contributed by atoms with Crippen LogP contribution in [0.5, 0.6) is 0 Å². The summed E-state index contributed by atoms with van der Waals surface area (Å²) in [5.74, 6) is 0. The van der Waals surface area contributed by atoms with E-state index in [1.54, 1.807) is 11.3 Å². The SMILES string of the molecule is Cc1sc(C)c(C=O)c1I. The molecule has 0 aromatic carbocycles. The minimum atomic E-state index is 0.864. The normalized spacial score (nSPS) is 9.90. The van der Waals surface area contributed by atoms with Crippen LogP contribution in [0.3, 0.4) is 0 Å². The van der Waals surface area contributed by atoms with Gasteiger partial charge in [0.1, 0.15) is 0 Å². The van der Waals surface area contributed by atoms with Crippen LogP contribution in [0.25, 0.3) is 0 Å². The van der Waals surface area contributed by atoms with E-state index >= 15 is 0 Å². The van der Waals surface area contributed by atoms with Crippen molar-refractivity contribution in [2.75, 3.05) is 0 Å². The predicted molar refractivity (Wildman–Crippen MR) is 51.9 cm³/mol. The number of hydrogen-bond donors (Lipinski definition) is 0. The van der Waals surface area contributed by atoms with E-state index in [0.717, 1.165) is 20.3 Å². The summed E-state index contributed by atoms with van der Waals surface area (Å²) in [5, 5.41) is 0. The number of halogens is 1. The molecule has 0 unspecified atom stereocenters. The lowest BCUT2D eigenvalue weighted by Gasteiger charge is -1.85. The van der Waals surface area contributed by atoms with Crippen LogP contribution in [0.15, 0.2) is 0 Å². The predicted octanol–water partition coefficient (Wildman–Crippen LogP) is 2.78. The molecule has 0 radical (unpaired) electrons. The van der Waals surface area contributed by atoms with Gasteiger partial charge in [-0.1, -0.05) is 0 Å². The van der Waals surface area contributed by atoms with Gasteiger partial charge in [-0.3, -0.25) is 4.79 Å². The molecule has 1 heterocycles. The van der Waals surface area contributed by atoms with Gasteiger partial charge in [0.15, 0.2) is 6.29 Å². The lowest BCUT2D eigenvalue weighted by molar-refractivity contribution is 0.112. The maximum atomic E-state index is 10.5. The van der Waals surface area contributed by atoms with Gasteiger partial charge >= 0.3 is 0 Å². The van der Waals surface area contributed by atoms with E-state index in [1.807, 2.05) is 13.8 Å². The molecule has 10 heavy (non-hydrogen) atoms. The highest BCUT2D eigenvalue weighted by atomic mass is 127. The third kappa shape index (κ3) is 1.25. The summed E-state index contributed by atoms with van der Waals surface area (Å²) < 4.78 is 1.11. The van der Waals surface area contributed by atoms with Crippen molar-refractivity contribution < 1.29 is 4.79 Å². The van der Waals surface area contributed by atoms with Gasteiger partial charge < -0.3 is 0 Å². The Morgan fingerprint density at radius 3 is 2.20 bits per heavy atom. The third-order valence-corrected chi connectivity index (χ3v) is 4.14. The van der Waals surface area contributed by atoms with Crippen LogP contribution >= 0.6 is 33.9 Å². The van der Waals surface area contributed by atoms with Crippen molar-refractivity contribution in [3.05, 3.63) is 18.9 Å². The van der Waals surface area contributed by atoms with Crippen LogP contribution in [0.4, 0.5) is 0 Å². The van der Waals surface area contributed by atoms with Gasteiger partial charge in [-0.2, -0.15) is 0 Å². The maximum Gasteiger partial charge on any atom is 0.152 e. The van der Waals surface area contributed by atoms with Crippen molar-refractivity contribution in [3.63, 3.8) is 0 Å². The summed E-state index contributed by atoms with van der Waals surface area (Å²) in [5.41, 5.74) is 0.864. The molecule has 0 aliphatic heterocycles. The highest BCUT2D eigenvalue weighted by Crippen LogP contribution is 2.26. The van der Waals surface area contributed by atoms with Crippen molar-refractivity contribution >= 4 is 40.2 Å². The molecule has 1 aromatic heterocycles. The summed E-state index contributed by atoms with van der Waals surface area (Å²) >= 11 is 3.89. The lowest BCUT2D eigenvalue weighted by Crippen LogP contribution is -1.81. The molecular formula is C7H7IOS. The maximum absolute atomic E-state index is 10.5. The van der Waals surface area contributed by atoms with E-state index in [0.29, 0.717) is 0 Å². The van der Waals surface area contributed by atoms with Gasteiger partial charge in [0.2, 0.25) is 0 Å². The molecule has 54 valence electrons. The van der Waals surface area contributed by atoms with Gasteiger partial charge in [-0.25, -0.2) is 0 Å². The minimum Gasteiger partial charge on any atom is -0.298 e. The Labute approximate surface area is 77.6 Å². The molecular weight excluding hydrogens is 259 g/mol. The zero-order valence-electron chi connectivity index (χ0n) is 5.77. The number of aldehydes is 1. The topological polar surface area (TPSA) is 17.1 Å². The van der Waals surface area contributed by atoms with Crippen LogP contribution < -0.4 is 0 Å². The van der Waals surface area contributed by atoms with Crippen molar-refractivity contribution in [1.82, 2.24) is 0 Å². The average molecular weight is 266 g/mol. The van der Waals surface area contributed by atoms with E-state index in [1.165, 1.54) is 4.88 Å². The van der Waals surface area contributed by atoms with Crippen LogP contribution in [-0.4, -0.2) is 6.29 Å². The Kier molecular flexibility index (Phi) is 2.46. The molecule has 0 spiro atoms. The number of rotatable bonds is 1. The summed E-state index contributed by atoms with van der Waals surface area (Å²) in [6, 6.07) is 0. The molecule has 0 N–H and O–H groups in total. The summed E-state index contributed by atoms with van der Waals surface area (Å²) in [6.07, 6.45) is 0.931. The standard InChI is InChI=1S/C7H7IOS/c1-4-6(3-9)7(8)5(2)10-4/h3H,1-2H3. The fourth-order valence-electron chi connectivity index (χ4n) is 0.808. The van der Waals surface area contributed by atoms with Crippen LogP contribution in [0, 0.1) is 17.4 Å². The molecule has 3 heteroatoms. The van der Waals surface area contributed by atoms with Gasteiger partial charge in [0, 0.05) is 18.9 Å². The molecule has 0 fully saturated rings. The Bertz CT molecular complexity index is 265. The first kappa shape index (κ1) is 8.20. The Morgan fingerprint density at radius 2 is 2.00 bits per heavy atom. The van der Waals surface area contributed by atoms with Crippen molar-refractivity contribution in [1.29, 1.82) is 0 Å². The van der Waals surface area contributed by atoms with Gasteiger partial charge in [0.25, 0.3) is 0 Å². The first-order chi connectivity index (χ1) is 4.66. The quantitative estimate of drug-likeness (QED) is 0.564. The van der Waals surface area contributed by atoms with Gasteiger partial charge in [0.05, 0.1) is 0 Å². The monoisotopic (exact) mass is 266 g/mol. The molecule has 0 atom stereocenters. The molecule has 1 aromatic rings. The molecule has 0 amide bonds. The second-order valence-electron chi connectivity index (χ2n) is 2.06. The van der Waals surface area contributed by atoms with Gasteiger partial charge in [-0.05, 0) is 36.4 Å². The molecule has 0 saturated heterocycles. The van der Waals surface area contributed by atoms with Crippen LogP contribution in [-0.2, 0) is 0 Å². The molecule has 1 rings (SSSR count). The molecule has 0 aliphatic rings. The zero-order chi connectivity index (χ0) is 7.72. The van der Waals surface area contributed by atoms with E-state index in [9.17, 15) is 4.79 Å². The van der Waals surface area contributed by atoms with E-state index < -0.39 is 0 Å². The molecule has 0 aliphatic carbocycles. The average Bonchev–Trinajstić information content (AvgIpc) is 2.09. The highest BCUT2D eigenvalue weighted by Gasteiger charge is 2.08. The largest absolute Gasteiger partial charge is 0.298 e. The summed E-state index contributed by atoms with van der Waals surface area (Å²) in [7, 11) is 0. The molecule has 1 nitrogen and oxygen atoms in total. The summed E-state index contributed by atoms with van der Waals surface area (Å²) in [4.78, 5) is 12.8. The van der Waals surface area contributed by atoms with Crippen LogP contribution in [0.2, 0.25) is 0 Å². The second-order valence-corrected chi connectivity index (χ2v) is 4.57. The molecule has 0 saturated carbocycles. The number of aryl methyl sites for hydroxylation is 2. The van der Waals surface area contributed by atoms with Gasteiger partial charge in [-0.15, -0.1) is 11.3 Å². The van der Waals surface area contributed by atoms with Crippen molar-refractivity contribution in [2.45, 2.75) is 13.8 Å². The fraction of sp³-hybridized carbons (Fsp3) is 0.286. The van der Waals surface area contributed by atoms with Crippen molar-refractivity contribution in [3.8, 4) is 0 Å². The first-order valence-electron chi connectivity index (χ1n) is 2.87. The third-order valence-electron chi connectivity index (χ3n) is 1.35. The number of thiophene rings is 1. The smallest absolute Gasteiger partial charge is 0.152 e. The Hall–Kier alpha value is 0.100. The fourth-order valence-corrected chi connectivity index (χ4v) is 2.77. The Morgan fingerprint density at radius 1 is 1.40 bits per heavy atom. The zero-order valence-corrected chi connectivity index (χ0v) is 8.75. The molecule has 0 bridgehead atoms.